The van der Waals surface area contributed by atoms with Gasteiger partial charge in [-0.3, -0.25) is 14.3 Å². The molecule has 1 fully saturated rings. The lowest BCUT2D eigenvalue weighted by Gasteiger charge is -2.16. The maximum atomic E-state index is 12.7. The molecule has 0 spiro atoms. The Labute approximate surface area is 202 Å². The van der Waals surface area contributed by atoms with E-state index in [-0.39, 0.29) is 17.1 Å². The minimum absolute atomic E-state index is 0.0121. The summed E-state index contributed by atoms with van der Waals surface area (Å²) in [5.74, 6) is 1.71. The summed E-state index contributed by atoms with van der Waals surface area (Å²) in [5.41, 5.74) is 3.16. The molecular weight excluding hydrogens is 446 g/mol. The molecule has 4 aromatic rings. The van der Waals surface area contributed by atoms with Crippen LogP contribution < -0.4 is 10.1 Å². The Kier molecular flexibility index (Phi) is 6.31. The molecule has 1 aliphatic rings. The fourth-order valence-corrected chi connectivity index (χ4v) is 4.76. The number of carbonyl (C=O) groups is 1. The van der Waals surface area contributed by atoms with Gasteiger partial charge < -0.3 is 10.1 Å². The predicted octanol–water partition coefficient (Wildman–Crippen LogP) is 4.28. The predicted molar refractivity (Wildman–Crippen MR) is 132 cm³/mol. The Balaban J connectivity index is 1.31. The van der Waals surface area contributed by atoms with Gasteiger partial charge in [-0.1, -0.05) is 42.1 Å². The van der Waals surface area contributed by atoms with E-state index < -0.39 is 0 Å². The molecule has 5 rings (SSSR count). The summed E-state index contributed by atoms with van der Waals surface area (Å²) in [6.07, 6.45) is 5.66. The molecule has 0 radical (unpaired) electrons. The number of thioether (sulfide) groups is 1. The molecule has 172 valence electrons. The molecule has 1 N–H and O–H groups in total. The third-order valence-corrected chi connectivity index (χ3v) is 7.03. The van der Waals surface area contributed by atoms with Crippen LogP contribution in [0, 0.1) is 0 Å². The standard InChI is InChI=1S/C26H25N5O2S/c1-33-22-9-7-21(8-10-22)31-24(19-11-15-27-16-12-19)29-30-25(31)34-17-23(32)28-18-26(13-14-26)20-5-3-2-4-6-20/h2-12,15-16H,13-14,17-18H2,1H3,(H,28,32). The van der Waals surface area contributed by atoms with E-state index in [0.29, 0.717) is 17.5 Å². The van der Waals surface area contributed by atoms with Crippen molar-refractivity contribution >= 4 is 17.7 Å². The third kappa shape index (κ3) is 4.68. The van der Waals surface area contributed by atoms with Gasteiger partial charge in [-0.15, -0.1) is 10.2 Å². The van der Waals surface area contributed by atoms with Crippen LogP contribution in [0.3, 0.4) is 0 Å². The van der Waals surface area contributed by atoms with Crippen molar-refractivity contribution in [2.24, 2.45) is 0 Å². The molecule has 0 unspecified atom stereocenters. The number of methoxy groups -OCH3 is 1. The highest BCUT2D eigenvalue weighted by molar-refractivity contribution is 7.99. The van der Waals surface area contributed by atoms with Crippen molar-refractivity contribution in [3.05, 3.63) is 84.7 Å². The summed E-state index contributed by atoms with van der Waals surface area (Å²) in [5, 5.41) is 12.6. The van der Waals surface area contributed by atoms with Gasteiger partial charge in [-0.2, -0.15) is 0 Å². The zero-order valence-electron chi connectivity index (χ0n) is 18.8. The molecule has 8 heteroatoms. The van der Waals surface area contributed by atoms with Gasteiger partial charge in [0.2, 0.25) is 5.91 Å². The molecular formula is C26H25N5O2S. The first-order valence-electron chi connectivity index (χ1n) is 11.1. The van der Waals surface area contributed by atoms with Crippen LogP contribution in [-0.4, -0.2) is 45.1 Å². The molecule has 1 aliphatic carbocycles. The zero-order valence-corrected chi connectivity index (χ0v) is 19.7. The van der Waals surface area contributed by atoms with E-state index in [1.54, 1.807) is 19.5 Å². The average Bonchev–Trinajstić information content (AvgIpc) is 3.58. The smallest absolute Gasteiger partial charge is 0.230 e. The van der Waals surface area contributed by atoms with E-state index in [2.05, 4.69) is 44.8 Å². The molecule has 2 aromatic heterocycles. The van der Waals surface area contributed by atoms with E-state index in [1.165, 1.54) is 17.3 Å². The number of aromatic nitrogens is 4. The van der Waals surface area contributed by atoms with E-state index in [1.807, 2.05) is 47.0 Å². The van der Waals surface area contributed by atoms with Crippen molar-refractivity contribution in [3.8, 4) is 22.8 Å². The topological polar surface area (TPSA) is 81.9 Å². The zero-order chi connectivity index (χ0) is 23.4. The number of ether oxygens (including phenoxy) is 1. The van der Waals surface area contributed by atoms with Crippen LogP contribution in [0.25, 0.3) is 17.1 Å². The van der Waals surface area contributed by atoms with Crippen LogP contribution in [0.4, 0.5) is 0 Å². The molecule has 0 bridgehead atoms. The lowest BCUT2D eigenvalue weighted by Crippen LogP contribution is -2.33. The first-order valence-corrected chi connectivity index (χ1v) is 12.1. The fourth-order valence-electron chi connectivity index (χ4n) is 3.97. The number of pyridine rings is 1. The van der Waals surface area contributed by atoms with Gasteiger partial charge in [-0.05, 0) is 54.8 Å². The van der Waals surface area contributed by atoms with Crippen molar-refractivity contribution in [2.75, 3.05) is 19.4 Å². The highest BCUT2D eigenvalue weighted by atomic mass is 32.2. The molecule has 34 heavy (non-hydrogen) atoms. The summed E-state index contributed by atoms with van der Waals surface area (Å²) in [4.78, 5) is 16.8. The summed E-state index contributed by atoms with van der Waals surface area (Å²) >= 11 is 1.37. The summed E-state index contributed by atoms with van der Waals surface area (Å²) in [6, 6.07) is 21.9. The molecule has 1 saturated carbocycles. The van der Waals surface area contributed by atoms with E-state index in [4.69, 9.17) is 4.74 Å². The summed E-state index contributed by atoms with van der Waals surface area (Å²) < 4.78 is 7.25. The average molecular weight is 472 g/mol. The minimum Gasteiger partial charge on any atom is -0.497 e. The van der Waals surface area contributed by atoms with Crippen molar-refractivity contribution in [1.82, 2.24) is 25.1 Å². The number of hydrogen-bond acceptors (Lipinski definition) is 6. The number of carbonyl (C=O) groups excluding carboxylic acids is 1. The Morgan fingerprint density at radius 3 is 2.44 bits per heavy atom. The van der Waals surface area contributed by atoms with E-state index in [0.717, 1.165) is 29.8 Å². The second-order valence-corrected chi connectivity index (χ2v) is 9.23. The van der Waals surface area contributed by atoms with Crippen molar-refractivity contribution in [1.29, 1.82) is 0 Å². The van der Waals surface area contributed by atoms with Gasteiger partial charge in [0.25, 0.3) is 0 Å². The number of nitrogens with zero attached hydrogens (tertiary/aromatic N) is 4. The van der Waals surface area contributed by atoms with Crippen LogP contribution >= 0.6 is 11.8 Å². The molecule has 0 atom stereocenters. The van der Waals surface area contributed by atoms with Gasteiger partial charge in [-0.25, -0.2) is 0 Å². The first-order chi connectivity index (χ1) is 16.7. The lowest BCUT2D eigenvalue weighted by molar-refractivity contribution is -0.118. The number of amides is 1. The van der Waals surface area contributed by atoms with E-state index in [9.17, 15) is 4.79 Å². The highest BCUT2D eigenvalue weighted by Crippen LogP contribution is 2.47. The lowest BCUT2D eigenvalue weighted by atomic mass is 9.96. The Hall–Kier alpha value is -3.65. The summed E-state index contributed by atoms with van der Waals surface area (Å²) in [7, 11) is 1.64. The second-order valence-electron chi connectivity index (χ2n) is 8.29. The number of hydrogen-bond donors (Lipinski definition) is 1. The molecule has 1 amide bonds. The van der Waals surface area contributed by atoms with Crippen molar-refractivity contribution in [3.63, 3.8) is 0 Å². The van der Waals surface area contributed by atoms with E-state index >= 15 is 0 Å². The number of benzene rings is 2. The van der Waals surface area contributed by atoms with Crippen LogP contribution in [0.5, 0.6) is 5.75 Å². The van der Waals surface area contributed by atoms with Crippen molar-refractivity contribution in [2.45, 2.75) is 23.4 Å². The van der Waals surface area contributed by atoms with Gasteiger partial charge in [0.1, 0.15) is 5.75 Å². The van der Waals surface area contributed by atoms with Crippen LogP contribution in [0.15, 0.2) is 84.3 Å². The van der Waals surface area contributed by atoms with Crippen LogP contribution in [0.2, 0.25) is 0 Å². The minimum atomic E-state index is -0.0121. The highest BCUT2D eigenvalue weighted by Gasteiger charge is 2.44. The first kappa shape index (κ1) is 22.2. The Morgan fingerprint density at radius 1 is 1.03 bits per heavy atom. The Morgan fingerprint density at radius 2 is 1.76 bits per heavy atom. The number of nitrogens with one attached hydrogen (secondary N) is 1. The second kappa shape index (κ2) is 9.69. The molecule has 0 saturated heterocycles. The summed E-state index contributed by atoms with van der Waals surface area (Å²) in [6.45, 7) is 0.657. The van der Waals surface area contributed by atoms with Crippen LogP contribution in [0.1, 0.15) is 18.4 Å². The van der Waals surface area contributed by atoms with Gasteiger partial charge in [0.15, 0.2) is 11.0 Å². The molecule has 7 nitrogen and oxygen atoms in total. The quantitative estimate of drug-likeness (QED) is 0.367. The maximum Gasteiger partial charge on any atom is 0.230 e. The van der Waals surface area contributed by atoms with Crippen LogP contribution in [-0.2, 0) is 10.2 Å². The monoisotopic (exact) mass is 471 g/mol. The number of rotatable bonds is 9. The SMILES string of the molecule is COc1ccc(-n2c(SCC(=O)NCC3(c4ccccc4)CC3)nnc2-c2ccncc2)cc1. The molecule has 2 aromatic carbocycles. The molecule has 0 aliphatic heterocycles. The fraction of sp³-hybridized carbons (Fsp3) is 0.231. The normalized spacial score (nSPS) is 13.9. The molecule has 2 heterocycles. The third-order valence-electron chi connectivity index (χ3n) is 6.10. The largest absolute Gasteiger partial charge is 0.497 e. The van der Waals surface area contributed by atoms with Gasteiger partial charge in [0.05, 0.1) is 12.9 Å². The Bertz CT molecular complexity index is 1260. The van der Waals surface area contributed by atoms with Gasteiger partial charge in [0, 0.05) is 35.6 Å². The van der Waals surface area contributed by atoms with Gasteiger partial charge >= 0.3 is 0 Å². The maximum absolute atomic E-state index is 12.7. The van der Waals surface area contributed by atoms with Crippen molar-refractivity contribution < 1.29 is 9.53 Å².